The third kappa shape index (κ3) is 2.52. The van der Waals surface area contributed by atoms with E-state index < -0.39 is 15.9 Å². The molecule has 0 aliphatic carbocycles. The molecule has 0 amide bonds. The molecule has 3 nitrogen and oxygen atoms in total. The van der Waals surface area contributed by atoms with Crippen molar-refractivity contribution in [3.05, 3.63) is 39.9 Å². The lowest BCUT2D eigenvalue weighted by Gasteiger charge is -2.08. The molecule has 0 saturated carbocycles. The Kier molecular flexibility index (Phi) is 3.44. The van der Waals surface area contributed by atoms with E-state index in [9.17, 15) is 8.42 Å². The summed E-state index contributed by atoms with van der Waals surface area (Å²) < 4.78 is 24.3. The Morgan fingerprint density at radius 3 is 2.44 bits per heavy atom. The van der Waals surface area contributed by atoms with Gasteiger partial charge >= 0.3 is 0 Å². The molecule has 1 unspecified atom stereocenters. The molecule has 2 aromatic heterocycles. The molecule has 2 heterocycles. The lowest BCUT2D eigenvalue weighted by atomic mass is 10.3. The fourth-order valence-electron chi connectivity index (χ4n) is 1.34. The zero-order chi connectivity index (χ0) is 11.6. The highest BCUT2D eigenvalue weighted by Crippen LogP contribution is 2.23. The van der Waals surface area contributed by atoms with Crippen molar-refractivity contribution in [3.8, 4) is 0 Å². The molecule has 0 saturated heterocycles. The van der Waals surface area contributed by atoms with Crippen molar-refractivity contribution in [2.45, 2.75) is 10.3 Å². The van der Waals surface area contributed by atoms with Gasteiger partial charge in [0.15, 0.2) is 9.84 Å². The van der Waals surface area contributed by atoms with Crippen molar-refractivity contribution in [1.29, 1.82) is 0 Å². The van der Waals surface area contributed by atoms with Crippen molar-refractivity contribution >= 4 is 32.5 Å². The van der Waals surface area contributed by atoms with Gasteiger partial charge in [-0.05, 0) is 22.9 Å². The van der Waals surface area contributed by atoms with Crippen LogP contribution in [0.2, 0.25) is 0 Å². The standard InChI is InChI=1S/C10H11NO2S3/c11-8(9-3-1-5-14-9)7-16(12,13)10-4-2-6-15-10/h1-6,8H,7,11H2. The lowest BCUT2D eigenvalue weighted by molar-refractivity contribution is 0.591. The van der Waals surface area contributed by atoms with Gasteiger partial charge in [-0.1, -0.05) is 12.1 Å². The topological polar surface area (TPSA) is 60.2 Å². The van der Waals surface area contributed by atoms with Crippen molar-refractivity contribution in [3.63, 3.8) is 0 Å². The predicted molar refractivity (Wildman–Crippen MR) is 67.6 cm³/mol. The van der Waals surface area contributed by atoms with Gasteiger partial charge < -0.3 is 5.73 Å². The molecule has 6 heteroatoms. The van der Waals surface area contributed by atoms with E-state index in [0.717, 1.165) is 4.88 Å². The average molecular weight is 273 g/mol. The largest absolute Gasteiger partial charge is 0.322 e. The van der Waals surface area contributed by atoms with E-state index in [-0.39, 0.29) is 5.75 Å². The highest BCUT2D eigenvalue weighted by molar-refractivity contribution is 7.93. The Bertz CT molecular complexity index is 529. The average Bonchev–Trinajstić information content (AvgIpc) is 2.91. The first-order valence-electron chi connectivity index (χ1n) is 4.65. The minimum absolute atomic E-state index is 0.0337. The molecular formula is C10H11NO2S3. The summed E-state index contributed by atoms with van der Waals surface area (Å²) in [5.74, 6) is -0.0337. The van der Waals surface area contributed by atoms with Gasteiger partial charge in [0.2, 0.25) is 0 Å². The maximum atomic E-state index is 11.9. The molecule has 0 aliphatic rings. The van der Waals surface area contributed by atoms with E-state index in [4.69, 9.17) is 5.73 Å². The Morgan fingerprint density at radius 2 is 1.88 bits per heavy atom. The summed E-state index contributed by atoms with van der Waals surface area (Å²) in [6.07, 6.45) is 0. The third-order valence-corrected chi connectivity index (χ3v) is 6.37. The molecule has 2 N–H and O–H groups in total. The van der Waals surface area contributed by atoms with Crippen molar-refractivity contribution in [2.75, 3.05) is 5.75 Å². The Morgan fingerprint density at radius 1 is 1.19 bits per heavy atom. The summed E-state index contributed by atoms with van der Waals surface area (Å²) in [7, 11) is -3.24. The van der Waals surface area contributed by atoms with Crippen LogP contribution in [0.25, 0.3) is 0 Å². The molecule has 0 bridgehead atoms. The van der Waals surface area contributed by atoms with E-state index in [1.165, 1.54) is 22.7 Å². The van der Waals surface area contributed by atoms with Crippen molar-refractivity contribution < 1.29 is 8.42 Å². The predicted octanol–water partition coefficient (Wildman–Crippen LogP) is 2.28. The maximum absolute atomic E-state index is 11.9. The highest BCUT2D eigenvalue weighted by Gasteiger charge is 2.21. The Hall–Kier alpha value is -0.690. The number of thiophene rings is 2. The number of nitrogens with two attached hydrogens (primary N) is 1. The highest BCUT2D eigenvalue weighted by atomic mass is 32.2. The quantitative estimate of drug-likeness (QED) is 0.929. The van der Waals surface area contributed by atoms with Crippen LogP contribution in [0.3, 0.4) is 0 Å². The molecule has 1 atom stereocenters. The van der Waals surface area contributed by atoms with Crippen LogP contribution in [0.4, 0.5) is 0 Å². The molecule has 0 aliphatic heterocycles. The first kappa shape index (κ1) is 11.8. The minimum atomic E-state index is -3.24. The van der Waals surface area contributed by atoms with Crippen LogP contribution in [0.5, 0.6) is 0 Å². The fraction of sp³-hybridized carbons (Fsp3) is 0.200. The van der Waals surface area contributed by atoms with Gasteiger partial charge in [-0.2, -0.15) is 0 Å². The number of hydrogen-bond donors (Lipinski definition) is 1. The lowest BCUT2D eigenvalue weighted by Crippen LogP contribution is -2.20. The molecule has 2 rings (SSSR count). The van der Waals surface area contributed by atoms with Gasteiger partial charge in [-0.15, -0.1) is 22.7 Å². The molecule has 0 spiro atoms. The van der Waals surface area contributed by atoms with E-state index in [0.29, 0.717) is 4.21 Å². The molecule has 0 fully saturated rings. The summed E-state index contributed by atoms with van der Waals surface area (Å²) in [6.45, 7) is 0. The summed E-state index contributed by atoms with van der Waals surface area (Å²) in [6, 6.07) is 6.64. The summed E-state index contributed by atoms with van der Waals surface area (Å²) in [4.78, 5) is 0.903. The minimum Gasteiger partial charge on any atom is -0.322 e. The first-order chi connectivity index (χ1) is 7.59. The molecular weight excluding hydrogens is 262 g/mol. The number of hydrogen-bond acceptors (Lipinski definition) is 5. The molecule has 2 aromatic rings. The molecule has 86 valence electrons. The smallest absolute Gasteiger partial charge is 0.189 e. The van der Waals surface area contributed by atoms with Gasteiger partial charge in [-0.3, -0.25) is 0 Å². The summed E-state index contributed by atoms with van der Waals surface area (Å²) >= 11 is 2.71. The van der Waals surface area contributed by atoms with Gasteiger partial charge in [0, 0.05) is 4.88 Å². The van der Waals surface area contributed by atoms with Gasteiger partial charge in [-0.25, -0.2) is 8.42 Å². The second-order valence-electron chi connectivity index (χ2n) is 3.34. The Labute approximate surface area is 102 Å². The first-order valence-corrected chi connectivity index (χ1v) is 8.06. The second kappa shape index (κ2) is 4.67. The van der Waals surface area contributed by atoms with E-state index in [1.54, 1.807) is 17.5 Å². The van der Waals surface area contributed by atoms with Crippen LogP contribution in [0.1, 0.15) is 10.9 Å². The maximum Gasteiger partial charge on any atom is 0.189 e. The normalized spacial score (nSPS) is 13.8. The monoisotopic (exact) mass is 273 g/mol. The van der Waals surface area contributed by atoms with Crippen LogP contribution < -0.4 is 5.73 Å². The van der Waals surface area contributed by atoms with Crippen molar-refractivity contribution in [2.24, 2.45) is 5.73 Å². The van der Waals surface area contributed by atoms with E-state index >= 15 is 0 Å². The van der Waals surface area contributed by atoms with Crippen LogP contribution in [-0.4, -0.2) is 14.2 Å². The summed E-state index contributed by atoms with van der Waals surface area (Å²) in [5.41, 5.74) is 5.87. The Balaban J connectivity index is 2.16. The van der Waals surface area contributed by atoms with Gasteiger partial charge in [0.05, 0.1) is 11.8 Å². The zero-order valence-electron chi connectivity index (χ0n) is 8.37. The van der Waals surface area contributed by atoms with Gasteiger partial charge in [0.25, 0.3) is 0 Å². The summed E-state index contributed by atoms with van der Waals surface area (Å²) in [5, 5.41) is 3.65. The van der Waals surface area contributed by atoms with Crippen LogP contribution >= 0.6 is 22.7 Å². The van der Waals surface area contributed by atoms with E-state index in [1.807, 2.05) is 17.5 Å². The second-order valence-corrected chi connectivity index (χ2v) is 7.52. The van der Waals surface area contributed by atoms with Gasteiger partial charge in [0.1, 0.15) is 4.21 Å². The number of rotatable bonds is 4. The molecule has 16 heavy (non-hydrogen) atoms. The fourth-order valence-corrected chi connectivity index (χ4v) is 4.69. The number of sulfone groups is 1. The molecule has 0 radical (unpaired) electrons. The van der Waals surface area contributed by atoms with Crippen LogP contribution in [0, 0.1) is 0 Å². The third-order valence-electron chi connectivity index (χ3n) is 2.11. The van der Waals surface area contributed by atoms with E-state index in [2.05, 4.69) is 0 Å². The SMILES string of the molecule is NC(CS(=O)(=O)c1cccs1)c1cccs1. The molecule has 0 aromatic carbocycles. The zero-order valence-corrected chi connectivity index (χ0v) is 10.8. The van der Waals surface area contributed by atoms with Crippen molar-refractivity contribution in [1.82, 2.24) is 0 Å². The van der Waals surface area contributed by atoms with Crippen LogP contribution in [-0.2, 0) is 9.84 Å². The van der Waals surface area contributed by atoms with Crippen LogP contribution in [0.15, 0.2) is 39.2 Å².